The smallest absolute Gasteiger partial charge is 0.0560 e. The molecule has 0 spiro atoms. The van der Waals surface area contributed by atoms with Gasteiger partial charge in [0.2, 0.25) is 0 Å². The topological polar surface area (TPSA) is 14.8 Å². The molecule has 0 N–H and O–H groups in total. The predicted octanol–water partition coefficient (Wildman–Crippen LogP) is 14.4. The molecule has 0 fully saturated rings. The Morgan fingerprint density at radius 2 is 0.982 bits per heavy atom. The van der Waals surface area contributed by atoms with Gasteiger partial charge in [-0.1, -0.05) is 140 Å². The maximum Gasteiger partial charge on any atom is 0.0560 e. The molecule has 0 saturated heterocycles. The number of benzene rings is 8. The van der Waals surface area contributed by atoms with Gasteiger partial charge >= 0.3 is 0 Å². The largest absolute Gasteiger partial charge is 0.333 e. The fourth-order valence-electron chi connectivity index (χ4n) is 9.72. The third-order valence-electron chi connectivity index (χ3n) is 12.1. The number of aromatic nitrogens is 3. The molecule has 1 aliphatic carbocycles. The molecule has 0 radical (unpaired) electrons. The van der Waals surface area contributed by atoms with Crippen molar-refractivity contribution in [3.05, 3.63) is 206 Å². The second-order valence-electron chi connectivity index (χ2n) is 15.2. The van der Waals surface area contributed by atoms with E-state index in [1.165, 1.54) is 93.4 Å². The van der Waals surface area contributed by atoms with Crippen molar-refractivity contribution in [2.45, 2.75) is 12.5 Å². The van der Waals surface area contributed by atoms with E-state index in [-0.39, 0.29) is 6.04 Å². The zero-order valence-electron chi connectivity index (χ0n) is 31.3. The van der Waals surface area contributed by atoms with Gasteiger partial charge < -0.3 is 13.7 Å². The first-order chi connectivity index (χ1) is 28.3. The first kappa shape index (κ1) is 31.9. The van der Waals surface area contributed by atoms with Crippen molar-refractivity contribution in [3.63, 3.8) is 0 Å². The predicted molar refractivity (Wildman–Crippen MR) is 241 cm³/mol. The van der Waals surface area contributed by atoms with Crippen LogP contribution in [0.5, 0.6) is 0 Å². The SMILES string of the molecule is C1=CCC(n2c3ccccc3c3cc(-c4cccc5c4c4ccccc4n5-c4ccc5c(c4)c4ccccc4n5-c4ccccc4)c(-c4ccccc4)cc32)C=C1. The van der Waals surface area contributed by atoms with Gasteiger partial charge in [0.05, 0.1) is 33.6 Å². The van der Waals surface area contributed by atoms with Crippen LogP contribution in [0.15, 0.2) is 206 Å². The molecule has 12 rings (SSSR count). The van der Waals surface area contributed by atoms with E-state index in [9.17, 15) is 0 Å². The summed E-state index contributed by atoms with van der Waals surface area (Å²) in [6.45, 7) is 0. The van der Waals surface area contributed by atoms with Crippen LogP contribution in [-0.4, -0.2) is 13.7 Å². The Balaban J connectivity index is 1.14. The molecule has 11 aromatic rings. The highest BCUT2D eigenvalue weighted by molar-refractivity contribution is 6.19. The van der Waals surface area contributed by atoms with Crippen LogP contribution in [0.2, 0.25) is 0 Å². The third-order valence-corrected chi connectivity index (χ3v) is 12.1. The summed E-state index contributed by atoms with van der Waals surface area (Å²) in [7, 11) is 0. The fraction of sp³-hybridized carbons (Fsp3) is 0.0370. The van der Waals surface area contributed by atoms with Gasteiger partial charge in [0.15, 0.2) is 0 Å². The average Bonchev–Trinajstić information content (AvgIpc) is 3.92. The lowest BCUT2D eigenvalue weighted by molar-refractivity contribution is 0.648. The Morgan fingerprint density at radius 1 is 0.368 bits per heavy atom. The molecular weight excluding hydrogens is 691 g/mol. The highest BCUT2D eigenvalue weighted by Gasteiger charge is 2.23. The summed E-state index contributed by atoms with van der Waals surface area (Å²) in [6.07, 6.45) is 9.96. The summed E-state index contributed by atoms with van der Waals surface area (Å²) in [4.78, 5) is 0. The van der Waals surface area contributed by atoms with E-state index in [2.05, 4.69) is 220 Å². The van der Waals surface area contributed by atoms with Crippen molar-refractivity contribution in [2.24, 2.45) is 0 Å². The Bertz CT molecular complexity index is 3430. The highest BCUT2D eigenvalue weighted by Crippen LogP contribution is 2.46. The van der Waals surface area contributed by atoms with E-state index in [4.69, 9.17) is 0 Å². The fourth-order valence-corrected chi connectivity index (χ4v) is 9.72. The minimum atomic E-state index is 0.257. The maximum atomic E-state index is 2.55. The molecule has 3 nitrogen and oxygen atoms in total. The number of fused-ring (bicyclic) bond motifs is 9. The molecule has 3 heteroatoms. The van der Waals surface area contributed by atoms with Crippen molar-refractivity contribution in [3.8, 4) is 33.6 Å². The van der Waals surface area contributed by atoms with Crippen molar-refractivity contribution in [2.75, 3.05) is 0 Å². The second kappa shape index (κ2) is 12.6. The van der Waals surface area contributed by atoms with Crippen LogP contribution >= 0.6 is 0 Å². The van der Waals surface area contributed by atoms with Gasteiger partial charge in [-0.2, -0.15) is 0 Å². The molecule has 1 unspecified atom stereocenters. The van der Waals surface area contributed by atoms with Crippen molar-refractivity contribution >= 4 is 65.4 Å². The first-order valence-electron chi connectivity index (χ1n) is 19.9. The van der Waals surface area contributed by atoms with Crippen LogP contribution in [0.3, 0.4) is 0 Å². The molecule has 1 aliphatic rings. The van der Waals surface area contributed by atoms with Crippen LogP contribution in [0.4, 0.5) is 0 Å². The van der Waals surface area contributed by atoms with Crippen molar-refractivity contribution in [1.82, 2.24) is 13.7 Å². The minimum Gasteiger partial charge on any atom is -0.333 e. The Labute approximate surface area is 330 Å². The molecule has 1 atom stereocenters. The summed E-state index contributed by atoms with van der Waals surface area (Å²) in [5, 5.41) is 7.57. The zero-order valence-corrected chi connectivity index (χ0v) is 31.3. The molecule has 0 amide bonds. The van der Waals surface area contributed by atoms with Gasteiger partial charge in [-0.15, -0.1) is 0 Å². The van der Waals surface area contributed by atoms with Crippen molar-refractivity contribution in [1.29, 1.82) is 0 Å². The number of hydrogen-bond donors (Lipinski definition) is 0. The van der Waals surface area contributed by atoms with Crippen LogP contribution in [-0.2, 0) is 0 Å². The second-order valence-corrected chi connectivity index (χ2v) is 15.2. The molecule has 0 saturated carbocycles. The average molecular weight is 728 g/mol. The lowest BCUT2D eigenvalue weighted by atomic mass is 9.90. The van der Waals surface area contributed by atoms with Crippen LogP contribution in [0.1, 0.15) is 12.5 Å². The highest BCUT2D eigenvalue weighted by atomic mass is 15.0. The molecule has 3 heterocycles. The first-order valence-corrected chi connectivity index (χ1v) is 19.9. The number of hydrogen-bond acceptors (Lipinski definition) is 0. The molecule has 57 heavy (non-hydrogen) atoms. The van der Waals surface area contributed by atoms with Gasteiger partial charge in [0.25, 0.3) is 0 Å². The lowest BCUT2D eigenvalue weighted by Crippen LogP contribution is -2.06. The van der Waals surface area contributed by atoms with Crippen LogP contribution in [0.25, 0.3) is 99.0 Å². The molecule has 0 aliphatic heterocycles. The minimum absolute atomic E-state index is 0.257. The van der Waals surface area contributed by atoms with Crippen LogP contribution in [0, 0.1) is 0 Å². The number of nitrogens with zero attached hydrogens (tertiary/aromatic N) is 3. The molecule has 268 valence electrons. The quantitative estimate of drug-likeness (QED) is 0.168. The van der Waals surface area contributed by atoms with Crippen molar-refractivity contribution < 1.29 is 0 Å². The maximum absolute atomic E-state index is 2.55. The molecular formula is C54H37N3. The summed E-state index contributed by atoms with van der Waals surface area (Å²) >= 11 is 0. The van der Waals surface area contributed by atoms with Gasteiger partial charge in [0.1, 0.15) is 0 Å². The van der Waals surface area contributed by atoms with Gasteiger partial charge in [-0.05, 0) is 95.4 Å². The van der Waals surface area contributed by atoms with E-state index >= 15 is 0 Å². The van der Waals surface area contributed by atoms with E-state index in [1.807, 2.05) is 0 Å². The number of rotatable bonds is 5. The summed E-state index contributed by atoms with van der Waals surface area (Å²) in [6, 6.07) is 67.3. The van der Waals surface area contributed by atoms with Gasteiger partial charge in [-0.3, -0.25) is 0 Å². The molecule has 0 bridgehead atoms. The van der Waals surface area contributed by atoms with E-state index in [0.29, 0.717) is 0 Å². The molecule has 8 aromatic carbocycles. The van der Waals surface area contributed by atoms with Crippen LogP contribution < -0.4 is 0 Å². The summed E-state index contributed by atoms with van der Waals surface area (Å²) in [5.41, 5.74) is 14.6. The number of para-hydroxylation sites is 4. The Morgan fingerprint density at radius 3 is 1.75 bits per heavy atom. The van der Waals surface area contributed by atoms with Gasteiger partial charge in [0, 0.05) is 49.2 Å². The lowest BCUT2D eigenvalue weighted by Gasteiger charge is -2.19. The van der Waals surface area contributed by atoms with Gasteiger partial charge in [-0.25, -0.2) is 0 Å². The molecule has 3 aromatic heterocycles. The Kier molecular flexibility index (Phi) is 7.05. The van der Waals surface area contributed by atoms with E-state index in [1.54, 1.807) is 0 Å². The monoisotopic (exact) mass is 727 g/mol. The normalized spacial score (nSPS) is 14.3. The van der Waals surface area contributed by atoms with E-state index < -0.39 is 0 Å². The van der Waals surface area contributed by atoms with E-state index in [0.717, 1.165) is 12.1 Å². The standard InChI is InChI=1S/C54H37N3/c1-4-17-36(18-5-1)44-35-53-47(41-24-11-14-28-49(41)56(53)38-21-8-3-9-22-38)34-45(44)42-26-16-30-52-54(42)43-25-12-15-29-50(43)57(52)39-31-32-51-46(33-39)40-23-10-13-27-48(40)55(51)37-19-6-2-7-20-37/h1-21,23-35,38H,22H2. The summed E-state index contributed by atoms with van der Waals surface area (Å²) in [5.74, 6) is 0. The zero-order chi connectivity index (χ0) is 37.5. The summed E-state index contributed by atoms with van der Waals surface area (Å²) < 4.78 is 7.41. The third kappa shape index (κ3) is 4.79. The Hall–Kier alpha value is -7.36. The number of allylic oxidation sites excluding steroid dienone is 4.